The van der Waals surface area contributed by atoms with Crippen LogP contribution in [0, 0.1) is 0 Å². The molecule has 2 aromatic rings. The number of aromatic nitrogens is 3. The number of ether oxygens (including phenoxy) is 7. The lowest BCUT2D eigenvalue weighted by Crippen LogP contribution is -2.52. The summed E-state index contributed by atoms with van der Waals surface area (Å²) in [5, 5.41) is 7.12. The number of carbonyl (C=O) groups excluding carboxylic acids is 3. The minimum absolute atomic E-state index is 0.0599. The molecule has 0 aliphatic heterocycles. The summed E-state index contributed by atoms with van der Waals surface area (Å²) in [6.45, 7) is 3.28. The third-order valence-electron chi connectivity index (χ3n) is 6.12. The third-order valence-corrected chi connectivity index (χ3v) is 6.12. The Morgan fingerprint density at radius 3 is 2.30 bits per heavy atom. The van der Waals surface area contributed by atoms with Crippen molar-refractivity contribution in [2.75, 3.05) is 60.7 Å². The van der Waals surface area contributed by atoms with Crippen LogP contribution in [0.15, 0.2) is 18.5 Å². The normalized spacial score (nSPS) is 15.2. The zero-order valence-electron chi connectivity index (χ0n) is 23.7. The largest absolute Gasteiger partial charge is 0.468 e. The summed E-state index contributed by atoms with van der Waals surface area (Å²) < 4.78 is 39.5. The standard InChI is InChI=1S/C25H39N5O10/c1-16(24(33)36-5)28-15-38-13-25(2,37-6)22(40-20(32)10-12-35-4)21(39-19(31)9-11-34-3)17-7-8-18-23(26)27-14-29-30(17)18/h7-8,14,16,21-22,28H,9-13,15H2,1-6H3,(H2,26,27,29)/t16-,21-,22-,25+/m0/s1. The van der Waals surface area contributed by atoms with Gasteiger partial charge in [-0.25, -0.2) is 9.50 Å². The van der Waals surface area contributed by atoms with Crippen LogP contribution in [0.2, 0.25) is 0 Å². The van der Waals surface area contributed by atoms with Crippen molar-refractivity contribution in [3.63, 3.8) is 0 Å². The van der Waals surface area contributed by atoms with Crippen molar-refractivity contribution in [3.8, 4) is 0 Å². The van der Waals surface area contributed by atoms with Crippen LogP contribution >= 0.6 is 0 Å². The molecule has 2 rings (SSSR count). The van der Waals surface area contributed by atoms with Crippen molar-refractivity contribution in [3.05, 3.63) is 24.2 Å². The zero-order valence-corrected chi connectivity index (χ0v) is 23.7. The molecule has 4 atom stereocenters. The molecule has 0 aliphatic carbocycles. The maximum atomic E-state index is 12.9. The van der Waals surface area contributed by atoms with E-state index in [-0.39, 0.29) is 45.2 Å². The average molecular weight is 570 g/mol. The molecule has 2 aromatic heterocycles. The molecular weight excluding hydrogens is 530 g/mol. The van der Waals surface area contributed by atoms with Crippen LogP contribution < -0.4 is 11.1 Å². The Labute approximate surface area is 232 Å². The van der Waals surface area contributed by atoms with Gasteiger partial charge in [-0.2, -0.15) is 5.10 Å². The van der Waals surface area contributed by atoms with E-state index in [2.05, 4.69) is 15.4 Å². The molecule has 224 valence electrons. The molecule has 0 fully saturated rings. The molecule has 0 amide bonds. The summed E-state index contributed by atoms with van der Waals surface area (Å²) in [6, 6.07) is 2.66. The molecule has 40 heavy (non-hydrogen) atoms. The maximum absolute atomic E-state index is 12.9. The van der Waals surface area contributed by atoms with Crippen molar-refractivity contribution in [2.24, 2.45) is 0 Å². The van der Waals surface area contributed by atoms with Crippen LogP contribution in [0.1, 0.15) is 38.5 Å². The summed E-state index contributed by atoms with van der Waals surface area (Å²) in [4.78, 5) is 41.4. The predicted octanol–water partition coefficient (Wildman–Crippen LogP) is 0.411. The van der Waals surface area contributed by atoms with E-state index in [4.69, 9.17) is 38.9 Å². The van der Waals surface area contributed by atoms with Crippen LogP contribution in [0.4, 0.5) is 5.82 Å². The van der Waals surface area contributed by atoms with E-state index in [1.807, 2.05) is 0 Å². The van der Waals surface area contributed by atoms with E-state index in [1.165, 1.54) is 39.3 Å². The molecule has 2 heterocycles. The van der Waals surface area contributed by atoms with Gasteiger partial charge >= 0.3 is 17.9 Å². The number of rotatable bonds is 18. The highest BCUT2D eigenvalue weighted by Gasteiger charge is 2.47. The monoisotopic (exact) mass is 569 g/mol. The van der Waals surface area contributed by atoms with Gasteiger partial charge in [0.15, 0.2) is 18.0 Å². The van der Waals surface area contributed by atoms with E-state index in [9.17, 15) is 14.4 Å². The van der Waals surface area contributed by atoms with E-state index in [0.717, 1.165) is 0 Å². The Kier molecular flexibility index (Phi) is 13.2. The maximum Gasteiger partial charge on any atom is 0.322 e. The molecule has 0 aromatic carbocycles. The minimum Gasteiger partial charge on any atom is -0.468 e. The lowest BCUT2D eigenvalue weighted by molar-refractivity contribution is -0.207. The van der Waals surface area contributed by atoms with Crippen LogP contribution in [-0.2, 0) is 47.5 Å². The average Bonchev–Trinajstić information content (AvgIpc) is 3.39. The molecular formula is C25H39N5O10. The first-order valence-electron chi connectivity index (χ1n) is 12.5. The summed E-state index contributed by atoms with van der Waals surface area (Å²) in [5.41, 5.74) is 5.45. The van der Waals surface area contributed by atoms with Crippen LogP contribution in [0.5, 0.6) is 0 Å². The van der Waals surface area contributed by atoms with Crippen molar-refractivity contribution in [1.82, 2.24) is 19.9 Å². The van der Waals surface area contributed by atoms with Gasteiger partial charge in [-0.05, 0) is 26.0 Å². The fraction of sp³-hybridized carbons (Fsp3) is 0.640. The number of anilines is 1. The molecule has 15 nitrogen and oxygen atoms in total. The van der Waals surface area contributed by atoms with Gasteiger partial charge in [0.2, 0.25) is 0 Å². The number of hydrogen-bond donors (Lipinski definition) is 2. The number of fused-ring (bicyclic) bond motifs is 1. The van der Waals surface area contributed by atoms with Gasteiger partial charge in [0.25, 0.3) is 0 Å². The molecule has 0 saturated carbocycles. The van der Waals surface area contributed by atoms with Crippen molar-refractivity contribution >= 4 is 29.2 Å². The Balaban J connectivity index is 2.48. The molecule has 0 spiro atoms. The van der Waals surface area contributed by atoms with Crippen LogP contribution in [0.3, 0.4) is 0 Å². The van der Waals surface area contributed by atoms with Gasteiger partial charge in [-0.15, -0.1) is 0 Å². The van der Waals surface area contributed by atoms with Gasteiger partial charge in [0.05, 0.1) is 52.2 Å². The first-order valence-corrected chi connectivity index (χ1v) is 12.5. The molecule has 0 aliphatic rings. The van der Waals surface area contributed by atoms with Gasteiger partial charge in [0.1, 0.15) is 23.5 Å². The number of hydrogen-bond acceptors (Lipinski definition) is 14. The molecule has 3 N–H and O–H groups in total. The van der Waals surface area contributed by atoms with E-state index in [1.54, 1.807) is 26.0 Å². The Hall–Kier alpha value is -3.37. The summed E-state index contributed by atoms with van der Waals surface area (Å²) in [5.74, 6) is -1.51. The zero-order chi connectivity index (χ0) is 29.7. The first-order chi connectivity index (χ1) is 19.1. The van der Waals surface area contributed by atoms with E-state index in [0.29, 0.717) is 11.2 Å². The van der Waals surface area contributed by atoms with Gasteiger partial charge in [-0.1, -0.05) is 0 Å². The highest BCUT2D eigenvalue weighted by atomic mass is 16.6. The van der Waals surface area contributed by atoms with Crippen molar-refractivity contribution in [1.29, 1.82) is 0 Å². The van der Waals surface area contributed by atoms with Gasteiger partial charge < -0.3 is 38.9 Å². The van der Waals surface area contributed by atoms with E-state index >= 15 is 0 Å². The number of nitrogens with zero attached hydrogens (tertiary/aromatic N) is 3. The molecule has 0 bridgehead atoms. The highest BCUT2D eigenvalue weighted by molar-refractivity contribution is 5.75. The number of nitrogens with one attached hydrogen (secondary N) is 1. The molecule has 0 radical (unpaired) electrons. The van der Waals surface area contributed by atoms with Gasteiger partial charge in [-0.3, -0.25) is 19.7 Å². The first kappa shape index (κ1) is 32.8. The summed E-state index contributed by atoms with van der Waals surface area (Å²) in [7, 11) is 5.60. The number of methoxy groups -OCH3 is 4. The Morgan fingerprint density at radius 1 is 1.05 bits per heavy atom. The quantitative estimate of drug-likeness (QED) is 0.109. The second-order valence-electron chi connectivity index (χ2n) is 8.97. The SMILES string of the molecule is COCCC(=O)O[C@@H](c1ccc2c(N)ncnn12)[C@H](OC(=O)CCOC)[C@@](C)(COCN[C@@H](C)C(=O)OC)OC. The minimum atomic E-state index is -1.37. The van der Waals surface area contributed by atoms with Crippen molar-refractivity contribution < 1.29 is 47.5 Å². The number of carbonyl (C=O) groups is 3. The van der Waals surface area contributed by atoms with Crippen molar-refractivity contribution in [2.45, 2.75) is 50.5 Å². The molecule has 15 heteroatoms. The topological polar surface area (TPSA) is 184 Å². The second-order valence-corrected chi connectivity index (χ2v) is 8.97. The molecule has 0 unspecified atom stereocenters. The predicted molar refractivity (Wildman–Crippen MR) is 140 cm³/mol. The number of esters is 3. The fourth-order valence-electron chi connectivity index (χ4n) is 3.70. The van der Waals surface area contributed by atoms with E-state index < -0.39 is 41.8 Å². The van der Waals surface area contributed by atoms with Crippen LogP contribution in [0.25, 0.3) is 5.52 Å². The smallest absolute Gasteiger partial charge is 0.322 e. The Morgan fingerprint density at radius 2 is 1.70 bits per heavy atom. The lowest BCUT2D eigenvalue weighted by Gasteiger charge is -2.39. The number of nitrogen functional groups attached to an aromatic ring is 1. The molecule has 0 saturated heterocycles. The van der Waals surface area contributed by atoms with Crippen LogP contribution in [-0.4, -0.2) is 105 Å². The number of nitrogens with two attached hydrogens (primary N) is 1. The van der Waals surface area contributed by atoms with Gasteiger partial charge in [0, 0.05) is 21.3 Å². The third kappa shape index (κ3) is 8.82. The second kappa shape index (κ2) is 16.0. The Bertz CT molecular complexity index is 1110. The highest BCUT2D eigenvalue weighted by Crippen LogP contribution is 2.35. The summed E-state index contributed by atoms with van der Waals surface area (Å²) in [6.07, 6.45) is -1.33. The fourth-order valence-corrected chi connectivity index (χ4v) is 3.70. The summed E-state index contributed by atoms with van der Waals surface area (Å²) >= 11 is 0. The lowest BCUT2D eigenvalue weighted by atomic mass is 9.92.